The van der Waals surface area contributed by atoms with E-state index >= 15 is 0 Å². The highest BCUT2D eigenvalue weighted by molar-refractivity contribution is 7.98. The Morgan fingerprint density at radius 1 is 1.08 bits per heavy atom. The van der Waals surface area contributed by atoms with E-state index in [0.717, 1.165) is 10.5 Å². The fraction of sp³-hybridized carbons (Fsp3) is 0.105. The first kappa shape index (κ1) is 17.5. The van der Waals surface area contributed by atoms with Gasteiger partial charge in [-0.3, -0.25) is 4.79 Å². The van der Waals surface area contributed by atoms with E-state index in [1.807, 2.05) is 43.5 Å². The highest BCUT2D eigenvalue weighted by Gasteiger charge is 2.12. The van der Waals surface area contributed by atoms with Crippen LogP contribution in [0.1, 0.15) is 15.9 Å². The summed E-state index contributed by atoms with van der Waals surface area (Å²) in [5, 5.41) is 3.19. The molecule has 0 saturated carbocycles. The molecular weight excluding hydrogens is 354 g/mol. The number of benzene rings is 2. The first-order valence-electron chi connectivity index (χ1n) is 7.61. The second-order valence-electron chi connectivity index (χ2n) is 5.46. The van der Waals surface area contributed by atoms with E-state index < -0.39 is 0 Å². The van der Waals surface area contributed by atoms with Crippen LogP contribution >= 0.6 is 23.4 Å². The number of carbonyl (C=O) groups excluding carboxylic acids is 1. The molecule has 0 aliphatic rings. The summed E-state index contributed by atoms with van der Waals surface area (Å²) >= 11 is 7.68. The molecule has 1 aromatic heterocycles. The fourth-order valence-corrected chi connectivity index (χ4v) is 2.89. The van der Waals surface area contributed by atoms with Gasteiger partial charge in [0.2, 0.25) is 0 Å². The van der Waals surface area contributed by atoms with E-state index in [0.29, 0.717) is 22.1 Å². The van der Waals surface area contributed by atoms with Gasteiger partial charge in [0.05, 0.1) is 28.7 Å². The van der Waals surface area contributed by atoms with Crippen molar-refractivity contribution in [2.45, 2.75) is 11.8 Å². The summed E-state index contributed by atoms with van der Waals surface area (Å²) < 4.78 is 0. The lowest BCUT2D eigenvalue weighted by Gasteiger charge is -2.08. The molecule has 126 valence electrons. The zero-order valence-electron chi connectivity index (χ0n) is 13.8. The summed E-state index contributed by atoms with van der Waals surface area (Å²) in [6, 6.07) is 13.3. The van der Waals surface area contributed by atoms with Gasteiger partial charge in [0.15, 0.2) is 5.82 Å². The van der Waals surface area contributed by atoms with Crippen molar-refractivity contribution in [1.82, 2.24) is 9.97 Å². The Hall–Kier alpha value is -2.37. The minimum atomic E-state index is -0.285. The number of anilines is 1. The van der Waals surface area contributed by atoms with Crippen molar-refractivity contribution in [3.63, 3.8) is 0 Å². The molecule has 0 fully saturated rings. The van der Waals surface area contributed by atoms with Crippen molar-refractivity contribution in [1.29, 1.82) is 0 Å². The maximum atomic E-state index is 12.4. The van der Waals surface area contributed by atoms with Crippen molar-refractivity contribution >= 4 is 35.0 Å². The molecule has 25 heavy (non-hydrogen) atoms. The molecule has 6 heteroatoms. The summed E-state index contributed by atoms with van der Waals surface area (Å²) in [5.41, 5.74) is 3.05. The van der Waals surface area contributed by atoms with E-state index in [-0.39, 0.29) is 5.91 Å². The lowest BCUT2D eigenvalue weighted by atomic mass is 10.1. The number of carbonyl (C=O) groups is 1. The first-order valence-corrected chi connectivity index (χ1v) is 9.21. The molecule has 3 aromatic rings. The van der Waals surface area contributed by atoms with Crippen LogP contribution in [0.2, 0.25) is 5.02 Å². The summed E-state index contributed by atoms with van der Waals surface area (Å²) in [5.74, 6) is 0.327. The fourth-order valence-electron chi connectivity index (χ4n) is 2.25. The number of thioether (sulfide) groups is 1. The maximum Gasteiger partial charge on any atom is 0.257 e. The highest BCUT2D eigenvalue weighted by Crippen LogP contribution is 2.24. The number of rotatable bonds is 4. The van der Waals surface area contributed by atoms with Crippen LogP contribution in [0.15, 0.2) is 59.8 Å². The Morgan fingerprint density at radius 2 is 1.76 bits per heavy atom. The molecule has 0 aliphatic heterocycles. The van der Waals surface area contributed by atoms with Crippen molar-refractivity contribution in [3.05, 3.63) is 71.0 Å². The van der Waals surface area contributed by atoms with E-state index in [4.69, 9.17) is 11.6 Å². The molecule has 0 bridgehead atoms. The average molecular weight is 370 g/mol. The first-order chi connectivity index (χ1) is 12.1. The third-order valence-electron chi connectivity index (χ3n) is 3.64. The SMILES string of the molecule is CSc1ccc(Cl)c(C(=O)Nc2cnc(-c3ccc(C)cc3)nc2)c1. The lowest BCUT2D eigenvalue weighted by molar-refractivity contribution is 0.102. The smallest absolute Gasteiger partial charge is 0.257 e. The summed E-state index contributed by atoms with van der Waals surface area (Å²) in [4.78, 5) is 22.0. The van der Waals surface area contributed by atoms with Gasteiger partial charge < -0.3 is 5.32 Å². The Balaban J connectivity index is 1.77. The summed E-state index contributed by atoms with van der Waals surface area (Å²) in [6.07, 6.45) is 5.13. The summed E-state index contributed by atoms with van der Waals surface area (Å²) in [6.45, 7) is 2.03. The minimum absolute atomic E-state index is 0.285. The van der Waals surface area contributed by atoms with Crippen LogP contribution in [0.5, 0.6) is 0 Å². The molecule has 0 radical (unpaired) electrons. The number of aryl methyl sites for hydroxylation is 1. The zero-order chi connectivity index (χ0) is 17.8. The number of halogens is 1. The molecule has 1 amide bonds. The quantitative estimate of drug-likeness (QED) is 0.651. The Labute approximate surface area is 155 Å². The summed E-state index contributed by atoms with van der Waals surface area (Å²) in [7, 11) is 0. The molecule has 0 atom stereocenters. The predicted molar refractivity (Wildman–Crippen MR) is 103 cm³/mol. The van der Waals surface area contributed by atoms with Gasteiger partial charge in [-0.1, -0.05) is 41.4 Å². The van der Waals surface area contributed by atoms with Crippen molar-refractivity contribution in [3.8, 4) is 11.4 Å². The van der Waals surface area contributed by atoms with Crippen LogP contribution in [0.25, 0.3) is 11.4 Å². The van der Waals surface area contributed by atoms with Gasteiger partial charge >= 0.3 is 0 Å². The van der Waals surface area contributed by atoms with Gasteiger partial charge in [-0.2, -0.15) is 0 Å². The number of hydrogen-bond acceptors (Lipinski definition) is 4. The number of hydrogen-bond donors (Lipinski definition) is 1. The molecule has 2 aromatic carbocycles. The number of nitrogens with one attached hydrogen (secondary N) is 1. The van der Waals surface area contributed by atoms with Gasteiger partial charge in [-0.25, -0.2) is 9.97 Å². The van der Waals surface area contributed by atoms with Crippen LogP contribution in [-0.4, -0.2) is 22.1 Å². The lowest BCUT2D eigenvalue weighted by Crippen LogP contribution is -2.13. The molecule has 0 spiro atoms. The molecule has 0 aliphatic carbocycles. The van der Waals surface area contributed by atoms with Crippen LogP contribution < -0.4 is 5.32 Å². The largest absolute Gasteiger partial charge is 0.319 e. The second kappa shape index (κ2) is 7.68. The van der Waals surface area contributed by atoms with Crippen LogP contribution in [-0.2, 0) is 0 Å². The van der Waals surface area contributed by atoms with Crippen molar-refractivity contribution in [2.24, 2.45) is 0 Å². The zero-order valence-corrected chi connectivity index (χ0v) is 15.4. The normalized spacial score (nSPS) is 10.5. The molecule has 1 N–H and O–H groups in total. The molecular formula is C19H16ClN3OS. The van der Waals surface area contributed by atoms with E-state index in [9.17, 15) is 4.79 Å². The van der Waals surface area contributed by atoms with Gasteiger partial charge in [-0.05, 0) is 31.4 Å². The van der Waals surface area contributed by atoms with Crippen LogP contribution in [0.3, 0.4) is 0 Å². The minimum Gasteiger partial charge on any atom is -0.319 e. The van der Waals surface area contributed by atoms with Crippen LogP contribution in [0.4, 0.5) is 5.69 Å². The molecule has 4 nitrogen and oxygen atoms in total. The molecule has 3 rings (SSSR count). The average Bonchev–Trinajstić information content (AvgIpc) is 2.63. The Kier molecular flexibility index (Phi) is 5.36. The van der Waals surface area contributed by atoms with Gasteiger partial charge in [0.1, 0.15) is 0 Å². The van der Waals surface area contributed by atoms with Gasteiger partial charge in [0, 0.05) is 10.5 Å². The Bertz CT molecular complexity index is 896. The molecule has 0 unspecified atom stereocenters. The standard InChI is InChI=1S/C19H16ClN3OS/c1-12-3-5-13(6-4-12)18-21-10-14(11-22-18)23-19(24)16-9-15(25-2)7-8-17(16)20/h3-11H,1-2H3,(H,23,24). The molecule has 1 heterocycles. The number of nitrogens with zero attached hydrogens (tertiary/aromatic N) is 2. The van der Waals surface area contributed by atoms with E-state index in [1.54, 1.807) is 36.3 Å². The van der Waals surface area contributed by atoms with E-state index in [2.05, 4.69) is 15.3 Å². The number of amides is 1. The second-order valence-corrected chi connectivity index (χ2v) is 6.75. The monoisotopic (exact) mass is 369 g/mol. The third kappa shape index (κ3) is 4.18. The van der Waals surface area contributed by atoms with Gasteiger partial charge in [-0.15, -0.1) is 11.8 Å². The topological polar surface area (TPSA) is 54.9 Å². The van der Waals surface area contributed by atoms with Crippen molar-refractivity contribution in [2.75, 3.05) is 11.6 Å². The number of aromatic nitrogens is 2. The highest BCUT2D eigenvalue weighted by atomic mass is 35.5. The Morgan fingerprint density at radius 3 is 2.40 bits per heavy atom. The van der Waals surface area contributed by atoms with Crippen LogP contribution in [0, 0.1) is 6.92 Å². The maximum absolute atomic E-state index is 12.4. The van der Waals surface area contributed by atoms with E-state index in [1.165, 1.54) is 5.56 Å². The predicted octanol–water partition coefficient (Wildman–Crippen LogP) is 5.08. The van der Waals surface area contributed by atoms with Crippen molar-refractivity contribution < 1.29 is 4.79 Å². The third-order valence-corrected chi connectivity index (χ3v) is 4.69. The van der Waals surface area contributed by atoms with Gasteiger partial charge in [0.25, 0.3) is 5.91 Å². The molecule has 0 saturated heterocycles.